The summed E-state index contributed by atoms with van der Waals surface area (Å²) in [5.74, 6) is 0. The van der Waals surface area contributed by atoms with Gasteiger partial charge in [0.1, 0.15) is 0 Å². The number of fused-ring (bicyclic) bond motifs is 1. The van der Waals surface area contributed by atoms with Crippen LogP contribution in [0.3, 0.4) is 0 Å². The van der Waals surface area contributed by atoms with E-state index in [0.717, 1.165) is 24.3 Å². The number of hydrogen-bond acceptors (Lipinski definition) is 2. The number of aryl methyl sites for hydroxylation is 1. The molecule has 0 bridgehead atoms. The molecular weight excluding hydrogens is 244 g/mol. The van der Waals surface area contributed by atoms with Gasteiger partial charge in [0, 0.05) is 24.2 Å². The van der Waals surface area contributed by atoms with Crippen molar-refractivity contribution in [3.63, 3.8) is 0 Å². The van der Waals surface area contributed by atoms with Crippen molar-refractivity contribution in [3.8, 4) is 0 Å². The second-order valence-electron chi connectivity index (χ2n) is 6.60. The fourth-order valence-electron chi connectivity index (χ4n) is 3.30. The fourth-order valence-corrected chi connectivity index (χ4v) is 3.30. The molecule has 1 N–H and O–H groups in total. The Morgan fingerprint density at radius 1 is 1.15 bits per heavy atom. The lowest BCUT2D eigenvalue weighted by Crippen LogP contribution is -2.29. The molecule has 1 saturated carbocycles. The normalized spacial score (nSPS) is 17.7. The number of rotatable bonds is 4. The molecule has 0 atom stereocenters. The Labute approximate surface area is 121 Å². The lowest BCUT2D eigenvalue weighted by atomic mass is 9.89. The summed E-state index contributed by atoms with van der Waals surface area (Å²) in [6.45, 7) is 6.55. The van der Waals surface area contributed by atoms with Crippen LogP contribution in [0, 0.1) is 12.3 Å². The molecule has 2 aromatic rings. The third kappa shape index (κ3) is 3.01. The molecule has 1 fully saturated rings. The van der Waals surface area contributed by atoms with Crippen LogP contribution in [-0.4, -0.2) is 11.5 Å². The van der Waals surface area contributed by atoms with Crippen LogP contribution in [-0.2, 0) is 6.54 Å². The van der Waals surface area contributed by atoms with E-state index in [-0.39, 0.29) is 0 Å². The van der Waals surface area contributed by atoms with Crippen LogP contribution in [0.15, 0.2) is 30.3 Å². The molecular formula is C18H24N2. The second-order valence-corrected chi connectivity index (χ2v) is 6.60. The number of nitrogens with one attached hydrogen (secondary N) is 1. The number of benzene rings is 1. The zero-order valence-corrected chi connectivity index (χ0v) is 12.6. The molecule has 1 aromatic heterocycles. The summed E-state index contributed by atoms with van der Waals surface area (Å²) in [7, 11) is 0. The van der Waals surface area contributed by atoms with Crippen molar-refractivity contribution in [1.29, 1.82) is 0 Å². The molecule has 0 spiro atoms. The van der Waals surface area contributed by atoms with Gasteiger partial charge in [0.2, 0.25) is 0 Å². The van der Waals surface area contributed by atoms with Crippen molar-refractivity contribution in [2.75, 3.05) is 6.54 Å². The molecule has 1 aromatic carbocycles. The van der Waals surface area contributed by atoms with Crippen LogP contribution in [0.5, 0.6) is 0 Å². The van der Waals surface area contributed by atoms with Crippen LogP contribution >= 0.6 is 0 Å². The first-order chi connectivity index (χ1) is 9.65. The van der Waals surface area contributed by atoms with Crippen molar-refractivity contribution in [2.24, 2.45) is 5.41 Å². The van der Waals surface area contributed by atoms with Crippen LogP contribution in [0.2, 0.25) is 0 Å². The maximum Gasteiger partial charge on any atom is 0.0705 e. The van der Waals surface area contributed by atoms with Gasteiger partial charge >= 0.3 is 0 Å². The van der Waals surface area contributed by atoms with Gasteiger partial charge in [0.15, 0.2) is 0 Å². The highest BCUT2D eigenvalue weighted by atomic mass is 14.9. The quantitative estimate of drug-likeness (QED) is 0.898. The molecule has 0 saturated heterocycles. The number of aromatic nitrogens is 1. The topological polar surface area (TPSA) is 24.9 Å². The molecule has 3 rings (SSSR count). The van der Waals surface area contributed by atoms with Crippen LogP contribution in [0.1, 0.15) is 43.9 Å². The van der Waals surface area contributed by atoms with Crippen molar-refractivity contribution in [3.05, 3.63) is 41.6 Å². The number of hydrogen-bond donors (Lipinski definition) is 1. The highest BCUT2D eigenvalue weighted by Crippen LogP contribution is 2.36. The molecule has 0 radical (unpaired) electrons. The molecule has 0 unspecified atom stereocenters. The molecule has 1 aliphatic carbocycles. The number of nitrogens with zero attached hydrogens (tertiary/aromatic N) is 1. The zero-order chi connectivity index (χ0) is 14.0. The maximum atomic E-state index is 4.55. The van der Waals surface area contributed by atoms with E-state index < -0.39 is 0 Å². The third-order valence-electron chi connectivity index (χ3n) is 4.58. The predicted molar refractivity (Wildman–Crippen MR) is 84.8 cm³/mol. The Hall–Kier alpha value is -1.41. The maximum absolute atomic E-state index is 4.55. The van der Waals surface area contributed by atoms with E-state index in [4.69, 9.17) is 0 Å². The first-order valence-corrected chi connectivity index (χ1v) is 7.72. The van der Waals surface area contributed by atoms with E-state index in [1.807, 2.05) is 6.92 Å². The summed E-state index contributed by atoms with van der Waals surface area (Å²) in [5, 5.41) is 4.88. The Balaban J connectivity index is 1.64. The molecule has 0 amide bonds. The van der Waals surface area contributed by atoms with E-state index in [9.17, 15) is 0 Å². The summed E-state index contributed by atoms with van der Waals surface area (Å²) in [6, 6.07) is 10.8. The zero-order valence-electron chi connectivity index (χ0n) is 12.6. The fraction of sp³-hybridized carbons (Fsp3) is 0.500. The molecule has 20 heavy (non-hydrogen) atoms. The van der Waals surface area contributed by atoms with Crippen molar-refractivity contribution in [1.82, 2.24) is 10.3 Å². The van der Waals surface area contributed by atoms with Gasteiger partial charge in [-0.05, 0) is 48.9 Å². The Bertz CT molecular complexity index is 597. The lowest BCUT2D eigenvalue weighted by molar-refractivity contribution is 0.314. The molecule has 2 heteroatoms. The minimum Gasteiger partial charge on any atom is -0.312 e. The van der Waals surface area contributed by atoms with Gasteiger partial charge in [-0.1, -0.05) is 31.9 Å². The number of pyridine rings is 1. The summed E-state index contributed by atoms with van der Waals surface area (Å²) < 4.78 is 0. The van der Waals surface area contributed by atoms with E-state index in [0.29, 0.717) is 5.41 Å². The summed E-state index contributed by atoms with van der Waals surface area (Å²) in [4.78, 5) is 4.55. The highest BCUT2D eigenvalue weighted by Gasteiger charge is 2.27. The Kier molecular flexibility index (Phi) is 3.75. The Morgan fingerprint density at radius 3 is 2.75 bits per heavy atom. The first-order valence-electron chi connectivity index (χ1n) is 7.72. The van der Waals surface area contributed by atoms with Gasteiger partial charge in [-0.15, -0.1) is 0 Å². The summed E-state index contributed by atoms with van der Waals surface area (Å²) >= 11 is 0. The van der Waals surface area contributed by atoms with E-state index in [1.54, 1.807) is 0 Å². The molecule has 2 nitrogen and oxygen atoms in total. The van der Waals surface area contributed by atoms with Crippen LogP contribution in [0.4, 0.5) is 0 Å². The van der Waals surface area contributed by atoms with Crippen LogP contribution in [0.25, 0.3) is 10.9 Å². The molecule has 1 heterocycles. The van der Waals surface area contributed by atoms with Crippen LogP contribution < -0.4 is 5.32 Å². The van der Waals surface area contributed by atoms with E-state index in [2.05, 4.69) is 47.6 Å². The van der Waals surface area contributed by atoms with Gasteiger partial charge in [0.25, 0.3) is 0 Å². The summed E-state index contributed by atoms with van der Waals surface area (Å²) in [6.07, 6.45) is 5.56. The van der Waals surface area contributed by atoms with Gasteiger partial charge in [0.05, 0.1) is 5.52 Å². The smallest absolute Gasteiger partial charge is 0.0705 e. The first kappa shape index (κ1) is 13.6. The van der Waals surface area contributed by atoms with Crippen molar-refractivity contribution in [2.45, 2.75) is 46.1 Å². The summed E-state index contributed by atoms with van der Waals surface area (Å²) in [5.41, 5.74) is 4.05. The SMILES string of the molecule is Cc1ccc2cc(CNCC3(C)CCCC3)ccc2n1. The predicted octanol–water partition coefficient (Wildman–Crippen LogP) is 4.21. The monoisotopic (exact) mass is 268 g/mol. The largest absolute Gasteiger partial charge is 0.312 e. The lowest BCUT2D eigenvalue weighted by Gasteiger charge is -2.23. The van der Waals surface area contributed by atoms with Gasteiger partial charge < -0.3 is 5.32 Å². The van der Waals surface area contributed by atoms with E-state index >= 15 is 0 Å². The minimum absolute atomic E-state index is 0.523. The van der Waals surface area contributed by atoms with Crippen molar-refractivity contribution >= 4 is 10.9 Å². The van der Waals surface area contributed by atoms with Gasteiger partial charge in [-0.2, -0.15) is 0 Å². The molecule has 0 aliphatic heterocycles. The van der Waals surface area contributed by atoms with E-state index in [1.165, 1.54) is 36.6 Å². The average molecular weight is 268 g/mol. The van der Waals surface area contributed by atoms with Gasteiger partial charge in [-0.25, -0.2) is 0 Å². The molecule has 106 valence electrons. The Morgan fingerprint density at radius 2 is 1.95 bits per heavy atom. The molecule has 1 aliphatic rings. The van der Waals surface area contributed by atoms with Crippen molar-refractivity contribution < 1.29 is 0 Å². The highest BCUT2D eigenvalue weighted by molar-refractivity contribution is 5.79. The average Bonchev–Trinajstić information content (AvgIpc) is 2.86. The third-order valence-corrected chi connectivity index (χ3v) is 4.58. The second kappa shape index (κ2) is 5.53. The standard InChI is InChI=1S/C18H24N2/c1-14-5-7-16-11-15(6-8-17(16)20-14)12-19-13-18(2)9-3-4-10-18/h5-8,11,19H,3-4,9-10,12-13H2,1-2H3. The van der Waals surface area contributed by atoms with Gasteiger partial charge in [-0.3, -0.25) is 4.98 Å². The minimum atomic E-state index is 0.523.